The number of ether oxygens (including phenoxy) is 2. The predicted octanol–water partition coefficient (Wildman–Crippen LogP) is 11.7. The first-order valence-electron chi connectivity index (χ1n) is 16.6. The number of allylic oxidation sites excluding steroid dienone is 2. The molecule has 248 valence electrons. The van der Waals surface area contributed by atoms with Crippen LogP contribution in [0.4, 0.5) is 26.3 Å². The molecule has 2 aliphatic carbocycles. The molecule has 0 aromatic heterocycles. The molecular weight excluding hydrogens is 602 g/mol. The Morgan fingerprint density at radius 2 is 1.20 bits per heavy atom. The van der Waals surface area contributed by atoms with E-state index in [0.29, 0.717) is 30.4 Å². The topological polar surface area (TPSA) is 18.5 Å². The molecule has 1 saturated carbocycles. The van der Waals surface area contributed by atoms with Gasteiger partial charge in [-0.3, -0.25) is 0 Å². The van der Waals surface area contributed by atoms with E-state index in [1.165, 1.54) is 30.3 Å². The number of rotatable bonds is 12. The lowest BCUT2D eigenvalue weighted by Gasteiger charge is -2.31. The summed E-state index contributed by atoms with van der Waals surface area (Å²) in [6.07, 6.45) is 11.5. The number of halogens is 6. The van der Waals surface area contributed by atoms with Crippen molar-refractivity contribution < 1.29 is 35.8 Å². The van der Waals surface area contributed by atoms with Crippen LogP contribution < -0.4 is 9.47 Å². The summed E-state index contributed by atoms with van der Waals surface area (Å²) in [4.78, 5) is 0. The average molecular weight is 645 g/mol. The molecule has 0 N–H and O–H groups in total. The Kier molecular flexibility index (Phi) is 11.4. The van der Waals surface area contributed by atoms with Gasteiger partial charge in [0.05, 0.1) is 13.2 Å². The van der Waals surface area contributed by atoms with Gasteiger partial charge in [-0.1, -0.05) is 38.0 Å². The predicted molar refractivity (Wildman–Crippen MR) is 169 cm³/mol. The Morgan fingerprint density at radius 3 is 1.83 bits per heavy atom. The zero-order valence-electron chi connectivity index (χ0n) is 26.6. The Bertz CT molecular complexity index is 1540. The molecule has 0 bridgehead atoms. The van der Waals surface area contributed by atoms with Gasteiger partial charge in [0.15, 0.2) is 34.8 Å². The zero-order valence-corrected chi connectivity index (χ0v) is 26.6. The summed E-state index contributed by atoms with van der Waals surface area (Å²) >= 11 is 0. The van der Waals surface area contributed by atoms with Crippen LogP contribution in [0.5, 0.6) is 11.5 Å². The van der Waals surface area contributed by atoms with Gasteiger partial charge in [-0.15, -0.1) is 0 Å². The number of hydrogen-bond acceptors (Lipinski definition) is 2. The van der Waals surface area contributed by atoms with Gasteiger partial charge in [0.1, 0.15) is 0 Å². The lowest BCUT2D eigenvalue weighted by molar-refractivity contribution is 0.278. The minimum Gasteiger partial charge on any atom is -0.491 e. The van der Waals surface area contributed by atoms with Gasteiger partial charge in [-0.2, -0.15) is 8.78 Å². The molecule has 1 atom stereocenters. The quantitative estimate of drug-likeness (QED) is 0.144. The van der Waals surface area contributed by atoms with E-state index in [2.05, 4.69) is 0 Å². The van der Waals surface area contributed by atoms with Crippen LogP contribution >= 0.6 is 0 Å². The number of unbranched alkanes of at least 4 members (excludes halogenated alkanes) is 1. The third-order valence-corrected chi connectivity index (χ3v) is 9.69. The highest BCUT2D eigenvalue weighted by atomic mass is 19.2. The van der Waals surface area contributed by atoms with Gasteiger partial charge in [-0.05, 0) is 118 Å². The largest absolute Gasteiger partial charge is 0.491 e. The van der Waals surface area contributed by atoms with Crippen molar-refractivity contribution in [2.24, 2.45) is 11.8 Å². The molecule has 3 aromatic rings. The van der Waals surface area contributed by atoms with Gasteiger partial charge in [0.2, 0.25) is 11.6 Å². The Hall–Kier alpha value is -3.42. The van der Waals surface area contributed by atoms with Crippen molar-refractivity contribution in [2.75, 3.05) is 13.2 Å². The Balaban J connectivity index is 1.13. The first-order valence-corrected chi connectivity index (χ1v) is 16.6. The highest BCUT2D eigenvalue weighted by Gasteiger charge is 2.29. The van der Waals surface area contributed by atoms with Crippen LogP contribution in [0.1, 0.15) is 102 Å². The molecule has 2 aliphatic rings. The van der Waals surface area contributed by atoms with Gasteiger partial charge >= 0.3 is 0 Å². The molecular formula is C38H42F6O2. The molecule has 0 spiro atoms. The molecule has 0 aliphatic heterocycles. The Labute approximate surface area is 267 Å². The fourth-order valence-electron chi connectivity index (χ4n) is 6.94. The van der Waals surface area contributed by atoms with E-state index in [1.807, 2.05) is 13.0 Å². The van der Waals surface area contributed by atoms with Gasteiger partial charge in [0, 0.05) is 16.7 Å². The minimum absolute atomic E-state index is 0.0420. The van der Waals surface area contributed by atoms with Crippen LogP contribution in [-0.4, -0.2) is 13.2 Å². The summed E-state index contributed by atoms with van der Waals surface area (Å²) in [7, 11) is 0. The standard InChI is InChI=1S/C38H42F6O2/c1-3-5-22-46-32-20-18-28(34(40)38(32)44)26-14-10-24(11-15-26)7-6-23-8-12-25(13-9-23)27-16-17-29(35(41)33(27)39)30-19-21-31(45-4-2)37(43)36(30)42/h14,16-21,23-25H,3-13,15,22H2,1-2H3. The molecule has 8 heteroatoms. The summed E-state index contributed by atoms with van der Waals surface area (Å²) in [6.45, 7) is 4.15. The summed E-state index contributed by atoms with van der Waals surface area (Å²) in [5.74, 6) is -5.95. The molecule has 0 heterocycles. The summed E-state index contributed by atoms with van der Waals surface area (Å²) in [5, 5.41) is 0. The lowest BCUT2D eigenvalue weighted by Crippen LogP contribution is -2.16. The normalized spacial score (nSPS) is 20.0. The van der Waals surface area contributed by atoms with E-state index < -0.39 is 34.9 Å². The molecule has 5 rings (SSSR count). The van der Waals surface area contributed by atoms with E-state index in [0.717, 1.165) is 69.8 Å². The van der Waals surface area contributed by atoms with Crippen LogP contribution in [0.15, 0.2) is 42.5 Å². The number of benzene rings is 3. The third-order valence-electron chi connectivity index (χ3n) is 9.69. The van der Waals surface area contributed by atoms with E-state index in [9.17, 15) is 17.6 Å². The van der Waals surface area contributed by atoms with Gasteiger partial charge < -0.3 is 9.47 Å². The molecule has 1 fully saturated rings. The van der Waals surface area contributed by atoms with Crippen LogP contribution in [0.3, 0.4) is 0 Å². The maximum absolute atomic E-state index is 15.3. The molecule has 0 radical (unpaired) electrons. The highest BCUT2D eigenvalue weighted by molar-refractivity contribution is 5.68. The summed E-state index contributed by atoms with van der Waals surface area (Å²) in [5.41, 5.74) is 0.760. The van der Waals surface area contributed by atoms with Crippen molar-refractivity contribution in [3.63, 3.8) is 0 Å². The van der Waals surface area contributed by atoms with Crippen LogP contribution in [-0.2, 0) is 0 Å². The second-order valence-corrected chi connectivity index (χ2v) is 12.6. The van der Waals surface area contributed by atoms with Gasteiger partial charge in [0.25, 0.3) is 0 Å². The van der Waals surface area contributed by atoms with Crippen molar-refractivity contribution >= 4 is 5.57 Å². The van der Waals surface area contributed by atoms with E-state index >= 15 is 8.78 Å². The van der Waals surface area contributed by atoms with E-state index in [-0.39, 0.29) is 40.7 Å². The molecule has 2 nitrogen and oxygen atoms in total. The van der Waals surface area contributed by atoms with Crippen molar-refractivity contribution in [1.29, 1.82) is 0 Å². The van der Waals surface area contributed by atoms with Crippen LogP contribution in [0.25, 0.3) is 16.7 Å². The lowest BCUT2D eigenvalue weighted by atomic mass is 9.75. The monoisotopic (exact) mass is 644 g/mol. The summed E-state index contributed by atoms with van der Waals surface area (Å²) < 4.78 is 99.4. The van der Waals surface area contributed by atoms with Gasteiger partial charge in [-0.25, -0.2) is 17.6 Å². The van der Waals surface area contributed by atoms with Crippen molar-refractivity contribution in [3.8, 4) is 22.6 Å². The molecule has 3 aromatic carbocycles. The Morgan fingerprint density at radius 1 is 0.609 bits per heavy atom. The highest BCUT2D eigenvalue weighted by Crippen LogP contribution is 2.42. The zero-order chi connectivity index (χ0) is 32.8. The van der Waals surface area contributed by atoms with Crippen LogP contribution in [0.2, 0.25) is 0 Å². The minimum atomic E-state index is -1.27. The third kappa shape index (κ3) is 7.42. The van der Waals surface area contributed by atoms with Crippen molar-refractivity contribution in [1.82, 2.24) is 0 Å². The number of hydrogen-bond donors (Lipinski definition) is 0. The molecule has 0 saturated heterocycles. The van der Waals surface area contributed by atoms with E-state index in [1.54, 1.807) is 13.0 Å². The summed E-state index contributed by atoms with van der Waals surface area (Å²) in [6, 6.07) is 8.39. The SMILES string of the molecule is CCCCOc1ccc(C2=CCC(CCC3CCC(c4ccc(-c5ccc(OCC)c(F)c5F)c(F)c4F)CC3)CC2)c(F)c1F. The van der Waals surface area contributed by atoms with Crippen molar-refractivity contribution in [2.45, 2.75) is 90.4 Å². The fraction of sp³-hybridized carbons (Fsp3) is 0.474. The second-order valence-electron chi connectivity index (χ2n) is 12.6. The molecule has 1 unspecified atom stereocenters. The first kappa shape index (κ1) is 33.9. The smallest absolute Gasteiger partial charge is 0.201 e. The maximum Gasteiger partial charge on any atom is 0.201 e. The van der Waals surface area contributed by atoms with Crippen molar-refractivity contribution in [3.05, 3.63) is 88.5 Å². The first-order chi connectivity index (χ1) is 22.2. The maximum atomic E-state index is 15.3. The second kappa shape index (κ2) is 15.4. The van der Waals surface area contributed by atoms with E-state index in [4.69, 9.17) is 9.47 Å². The van der Waals surface area contributed by atoms with Crippen LogP contribution in [0, 0.1) is 46.7 Å². The molecule has 46 heavy (non-hydrogen) atoms. The molecule has 0 amide bonds. The average Bonchev–Trinajstić information content (AvgIpc) is 3.07. The fourth-order valence-corrected chi connectivity index (χ4v) is 6.94.